The van der Waals surface area contributed by atoms with Crippen LogP contribution in [0.25, 0.3) is 0 Å². The minimum Gasteiger partial charge on any atom is -0.493 e. The topological polar surface area (TPSA) is 123 Å². The van der Waals surface area contributed by atoms with Crippen molar-refractivity contribution in [1.82, 2.24) is 29.3 Å². The monoisotopic (exact) mass is 1060 g/mol. The normalized spacial score (nSPS) is 15.7. The third-order valence-corrected chi connectivity index (χ3v) is 14.3. The van der Waals surface area contributed by atoms with E-state index < -0.39 is 0 Å². The molecule has 2 aliphatic rings. The molecule has 3 heterocycles. The molecule has 0 bridgehead atoms. The number of nitrogens with one attached hydrogen (secondary N) is 1. The van der Waals surface area contributed by atoms with Gasteiger partial charge in [-0.2, -0.15) is 0 Å². The van der Waals surface area contributed by atoms with E-state index in [0.717, 1.165) is 91.2 Å². The SMILES string of the molecule is CC(C)CC1CCC(CN)CC1.CC(C)CCCn1ccnc1.CC(C)CCc1cnc[nH]1.CC(C)Cc1ccc(CN)cc1.CCCCN1CCN(CCCC(C)C)CC1.COc1ccc(CCC(C)C)cc1OC. The van der Waals surface area contributed by atoms with Gasteiger partial charge in [0.05, 0.1) is 26.9 Å². The number of piperazine rings is 1. The van der Waals surface area contributed by atoms with E-state index in [1.807, 2.05) is 31.0 Å². The summed E-state index contributed by atoms with van der Waals surface area (Å²) < 4.78 is 12.6. The molecule has 1 saturated carbocycles. The quantitative estimate of drug-likeness (QED) is 0.0600. The van der Waals surface area contributed by atoms with Crippen molar-refractivity contribution in [3.63, 3.8) is 0 Å². The first-order chi connectivity index (χ1) is 36.4. The Kier molecular flexibility index (Phi) is 40.9. The van der Waals surface area contributed by atoms with Crippen LogP contribution in [0.5, 0.6) is 11.5 Å². The number of hydrogen-bond acceptors (Lipinski definition) is 8. The predicted molar refractivity (Wildman–Crippen MR) is 329 cm³/mol. The van der Waals surface area contributed by atoms with E-state index in [-0.39, 0.29) is 0 Å². The van der Waals surface area contributed by atoms with Crippen LogP contribution in [-0.4, -0.2) is 89.4 Å². The number of methoxy groups -OCH3 is 2. The first-order valence-corrected chi connectivity index (χ1v) is 30.5. The van der Waals surface area contributed by atoms with E-state index in [9.17, 15) is 0 Å². The Morgan fingerprint density at radius 1 is 0.579 bits per heavy atom. The van der Waals surface area contributed by atoms with Gasteiger partial charge in [0.25, 0.3) is 0 Å². The van der Waals surface area contributed by atoms with Crippen LogP contribution in [0.15, 0.2) is 73.7 Å². The van der Waals surface area contributed by atoms with Crippen LogP contribution in [-0.2, 0) is 32.4 Å². The van der Waals surface area contributed by atoms with Crippen molar-refractivity contribution < 1.29 is 9.47 Å². The van der Waals surface area contributed by atoms with Gasteiger partial charge in [-0.15, -0.1) is 0 Å². The zero-order valence-electron chi connectivity index (χ0n) is 51.9. The Labute approximate surface area is 469 Å². The van der Waals surface area contributed by atoms with Crippen molar-refractivity contribution in [2.45, 2.75) is 206 Å². The van der Waals surface area contributed by atoms with Gasteiger partial charge in [0.1, 0.15) is 0 Å². The molecular formula is C66H120N8O2. The summed E-state index contributed by atoms with van der Waals surface area (Å²) in [6.07, 6.45) is 30.2. The predicted octanol–water partition coefficient (Wildman–Crippen LogP) is 15.6. The number of nitrogens with two attached hydrogens (primary N) is 2. The zero-order chi connectivity index (χ0) is 56.5. The lowest BCUT2D eigenvalue weighted by Gasteiger charge is -2.34. The van der Waals surface area contributed by atoms with E-state index in [1.54, 1.807) is 20.5 Å². The van der Waals surface area contributed by atoms with E-state index in [4.69, 9.17) is 20.9 Å². The standard InChI is InChI=1S/C14H30N2.C13H20O2.C11H23N.C11H17N.C9H16N2.C8H14N2/c1-4-5-8-15-10-12-16(13-11-15)9-6-7-14(2)3;1-10(2)5-6-11-7-8-12(14-3)13(9-11)15-4;2*1-9(2)7-10-3-5-11(8-12)6-4-10;1-9(2)4-3-6-11-7-5-10-8-11;1-7(2)3-4-8-5-9-6-10-8/h14H,4-13H2,1-3H3;7-10H,5-6H2,1-4H3;9-11H,3-8,12H2,1-2H3;3-6,9H,7-8,12H2,1-2H3;5,7-9H,3-4,6H2,1-2H3;5-7H,3-4H2,1-2H3,(H,9,10). The van der Waals surface area contributed by atoms with Crippen LogP contribution in [0.1, 0.15) is 196 Å². The smallest absolute Gasteiger partial charge is 0.160 e. The van der Waals surface area contributed by atoms with Gasteiger partial charge in [0.15, 0.2) is 11.5 Å². The molecule has 0 unspecified atom stereocenters. The van der Waals surface area contributed by atoms with Gasteiger partial charge in [-0.3, -0.25) is 0 Å². The van der Waals surface area contributed by atoms with Gasteiger partial charge in [-0.05, 0) is 179 Å². The van der Waals surface area contributed by atoms with Gasteiger partial charge in [-0.25, -0.2) is 9.97 Å². The molecule has 2 aromatic carbocycles. The second-order valence-electron chi connectivity index (χ2n) is 24.4. The number of imidazole rings is 2. The fraction of sp³-hybridized carbons (Fsp3) is 0.727. The molecule has 10 heteroatoms. The molecule has 1 aliphatic heterocycles. The molecule has 2 aromatic heterocycles. The summed E-state index contributed by atoms with van der Waals surface area (Å²) in [5.41, 5.74) is 16.3. The fourth-order valence-electron chi connectivity index (χ4n) is 9.45. The lowest BCUT2D eigenvalue weighted by atomic mass is 9.78. The first kappa shape index (κ1) is 70.3. The summed E-state index contributed by atoms with van der Waals surface area (Å²) in [5.74, 6) is 8.27. The maximum absolute atomic E-state index is 5.65. The van der Waals surface area contributed by atoms with Gasteiger partial charge in [-0.1, -0.05) is 140 Å². The molecular weight excluding hydrogens is 937 g/mol. The Morgan fingerprint density at radius 2 is 1.11 bits per heavy atom. The average molecular weight is 1060 g/mol. The molecule has 436 valence electrons. The number of rotatable bonds is 25. The number of nitrogens with zero attached hydrogens (tertiary/aromatic N) is 5. The maximum Gasteiger partial charge on any atom is 0.160 e. The van der Waals surface area contributed by atoms with Crippen LogP contribution >= 0.6 is 0 Å². The summed E-state index contributed by atoms with van der Waals surface area (Å²) in [4.78, 5) is 16.3. The second kappa shape index (κ2) is 44.2. The number of aromatic amines is 1. The summed E-state index contributed by atoms with van der Waals surface area (Å²) in [5, 5.41) is 0. The number of aromatic nitrogens is 4. The molecule has 0 spiro atoms. The Hall–Kier alpha value is -3.70. The molecule has 4 aromatic rings. The van der Waals surface area contributed by atoms with Crippen molar-refractivity contribution in [2.24, 2.45) is 58.8 Å². The number of H-pyrrole nitrogens is 1. The molecule has 10 nitrogen and oxygen atoms in total. The number of unbranched alkanes of at least 4 members (excludes halogenated alkanes) is 1. The van der Waals surface area contributed by atoms with Crippen molar-refractivity contribution in [2.75, 3.05) is 60.0 Å². The molecule has 0 amide bonds. The summed E-state index contributed by atoms with van der Waals surface area (Å²) in [6, 6.07) is 14.7. The Morgan fingerprint density at radius 3 is 1.57 bits per heavy atom. The van der Waals surface area contributed by atoms with Crippen LogP contribution in [0, 0.1) is 47.3 Å². The second-order valence-corrected chi connectivity index (χ2v) is 24.4. The first-order valence-electron chi connectivity index (χ1n) is 30.5. The van der Waals surface area contributed by atoms with Crippen LogP contribution < -0.4 is 20.9 Å². The number of hydrogen-bond donors (Lipinski definition) is 3. The lowest BCUT2D eigenvalue weighted by Crippen LogP contribution is -2.46. The van der Waals surface area contributed by atoms with Crippen LogP contribution in [0.4, 0.5) is 0 Å². The molecule has 0 radical (unpaired) electrons. The Bertz CT molecular complexity index is 1840. The van der Waals surface area contributed by atoms with Gasteiger partial charge in [0, 0.05) is 63.6 Å². The van der Waals surface area contributed by atoms with Crippen molar-refractivity contribution in [1.29, 1.82) is 0 Å². The van der Waals surface area contributed by atoms with Gasteiger partial charge < -0.3 is 40.3 Å². The van der Waals surface area contributed by atoms with E-state index in [1.165, 1.54) is 145 Å². The molecule has 1 saturated heterocycles. The van der Waals surface area contributed by atoms with E-state index in [2.05, 4.69) is 156 Å². The maximum atomic E-state index is 5.65. The summed E-state index contributed by atoms with van der Waals surface area (Å²) in [6.45, 7) is 40.0. The third kappa shape index (κ3) is 37.2. The highest BCUT2D eigenvalue weighted by molar-refractivity contribution is 5.42. The van der Waals surface area contributed by atoms with Gasteiger partial charge in [0.2, 0.25) is 0 Å². The van der Waals surface area contributed by atoms with E-state index in [0.29, 0.717) is 6.54 Å². The highest BCUT2D eigenvalue weighted by Crippen LogP contribution is 2.32. The lowest BCUT2D eigenvalue weighted by molar-refractivity contribution is 0.129. The molecule has 6 rings (SSSR count). The average Bonchev–Trinajstić information content (AvgIpc) is 4.14. The molecule has 1 aliphatic carbocycles. The largest absolute Gasteiger partial charge is 0.493 e. The van der Waals surface area contributed by atoms with Crippen LogP contribution in [0.2, 0.25) is 0 Å². The number of benzene rings is 2. The molecule has 5 N–H and O–H groups in total. The zero-order valence-corrected chi connectivity index (χ0v) is 51.9. The number of ether oxygens (including phenoxy) is 2. The molecule has 2 fully saturated rings. The fourth-order valence-corrected chi connectivity index (χ4v) is 9.45. The van der Waals surface area contributed by atoms with E-state index >= 15 is 0 Å². The van der Waals surface area contributed by atoms with Crippen molar-refractivity contribution >= 4 is 0 Å². The van der Waals surface area contributed by atoms with Gasteiger partial charge >= 0.3 is 0 Å². The minimum absolute atomic E-state index is 0.641. The Balaban J connectivity index is 0.000000459. The number of aryl methyl sites for hydroxylation is 3. The molecule has 76 heavy (non-hydrogen) atoms. The molecule has 0 atom stereocenters. The minimum atomic E-state index is 0.641. The van der Waals surface area contributed by atoms with Crippen LogP contribution in [0.3, 0.4) is 0 Å². The summed E-state index contributed by atoms with van der Waals surface area (Å²) >= 11 is 0. The van der Waals surface area contributed by atoms with Crippen molar-refractivity contribution in [3.05, 3.63) is 96.1 Å². The highest BCUT2D eigenvalue weighted by Gasteiger charge is 2.20. The summed E-state index contributed by atoms with van der Waals surface area (Å²) in [7, 11) is 3.33. The third-order valence-electron chi connectivity index (χ3n) is 14.3. The van der Waals surface area contributed by atoms with Crippen molar-refractivity contribution in [3.8, 4) is 11.5 Å². The highest BCUT2D eigenvalue weighted by atomic mass is 16.5.